The van der Waals surface area contributed by atoms with Crippen molar-refractivity contribution in [2.75, 3.05) is 0 Å². The minimum absolute atomic E-state index is 0.604. The van der Waals surface area contributed by atoms with Gasteiger partial charge in [-0.25, -0.2) is 29.9 Å². The topological polar surface area (TPSA) is 77.3 Å². The van der Waals surface area contributed by atoms with E-state index in [-0.39, 0.29) is 0 Å². The summed E-state index contributed by atoms with van der Waals surface area (Å²) in [5.74, 6) is 3.71. The van der Waals surface area contributed by atoms with Gasteiger partial charge in [-0.05, 0) is 22.6 Å². The van der Waals surface area contributed by atoms with E-state index in [1.54, 1.807) is 0 Å². The van der Waals surface area contributed by atoms with Crippen LogP contribution in [0.2, 0.25) is 0 Å². The number of hydrogen-bond acceptors (Lipinski definition) is 6. The molecule has 0 saturated carbocycles. The third-order valence-corrected chi connectivity index (χ3v) is 8.98. The number of nitrogens with zero attached hydrogens (tertiary/aromatic N) is 6. The van der Waals surface area contributed by atoms with Crippen LogP contribution >= 0.6 is 0 Å². The van der Waals surface area contributed by atoms with E-state index in [9.17, 15) is 0 Å². The van der Waals surface area contributed by atoms with Gasteiger partial charge in [0, 0.05) is 38.8 Å². The Labute approximate surface area is 301 Å². The zero-order valence-corrected chi connectivity index (χ0v) is 28.0. The van der Waals surface area contributed by atoms with Gasteiger partial charge >= 0.3 is 0 Å². The first-order valence-electron chi connectivity index (χ1n) is 17.1. The fourth-order valence-corrected chi connectivity index (χ4v) is 6.46. The largest absolute Gasteiger partial charge is 0.208 e. The number of fused-ring (bicyclic) bond motifs is 1. The predicted octanol–water partition coefficient (Wildman–Crippen LogP) is 10.9. The first kappa shape index (κ1) is 30.8. The van der Waals surface area contributed by atoms with Crippen LogP contribution < -0.4 is 0 Å². The molecular weight excluding hydrogens is 637 g/mol. The van der Waals surface area contributed by atoms with E-state index in [1.165, 1.54) is 0 Å². The van der Waals surface area contributed by atoms with Gasteiger partial charge in [-0.15, -0.1) is 0 Å². The van der Waals surface area contributed by atoms with Crippen molar-refractivity contribution in [3.63, 3.8) is 0 Å². The molecule has 0 radical (unpaired) electrons. The van der Waals surface area contributed by atoms with Gasteiger partial charge in [-0.2, -0.15) is 0 Å². The number of rotatable bonds is 7. The van der Waals surface area contributed by atoms with E-state index in [0.717, 1.165) is 55.3 Å². The highest BCUT2D eigenvalue weighted by Crippen LogP contribution is 2.38. The van der Waals surface area contributed by atoms with Crippen molar-refractivity contribution in [2.24, 2.45) is 0 Å². The fourth-order valence-electron chi connectivity index (χ4n) is 6.46. The second kappa shape index (κ2) is 13.6. The molecule has 0 spiro atoms. The third kappa shape index (κ3) is 6.10. The van der Waals surface area contributed by atoms with Crippen molar-refractivity contribution < 1.29 is 0 Å². The van der Waals surface area contributed by atoms with Gasteiger partial charge < -0.3 is 0 Å². The molecule has 244 valence electrons. The number of benzene rings is 7. The van der Waals surface area contributed by atoms with E-state index in [2.05, 4.69) is 60.7 Å². The third-order valence-electron chi connectivity index (χ3n) is 8.98. The summed E-state index contributed by atoms with van der Waals surface area (Å²) in [6.07, 6.45) is 0. The summed E-state index contributed by atoms with van der Waals surface area (Å²) in [7, 11) is 0. The van der Waals surface area contributed by atoms with E-state index in [0.29, 0.717) is 34.9 Å². The standard InChI is InChI=1S/C46H30N6/c1-5-16-32(17-6-1)41-47-42(33-18-7-2-8-19-33)50-45(49-41)37-27-13-26-36(30-37)38-28-14-24-31-25-15-29-39(40(31)38)46-51-43(34-20-9-3-10-21-34)48-44(52-46)35-22-11-4-12-23-35/h1-30H. The molecular formula is C46H30N6. The summed E-state index contributed by atoms with van der Waals surface area (Å²) in [4.78, 5) is 29.9. The zero-order valence-electron chi connectivity index (χ0n) is 28.0. The maximum atomic E-state index is 5.08. The summed E-state index contributed by atoms with van der Waals surface area (Å²) >= 11 is 0. The van der Waals surface area contributed by atoms with Crippen molar-refractivity contribution in [3.05, 3.63) is 182 Å². The van der Waals surface area contributed by atoms with E-state index in [4.69, 9.17) is 29.9 Å². The molecule has 0 amide bonds. The van der Waals surface area contributed by atoms with Gasteiger partial charge in [0.15, 0.2) is 34.9 Å². The van der Waals surface area contributed by atoms with Crippen molar-refractivity contribution in [1.29, 1.82) is 0 Å². The summed E-state index contributed by atoms with van der Waals surface area (Å²) in [6, 6.07) is 61.3. The van der Waals surface area contributed by atoms with E-state index in [1.807, 2.05) is 121 Å². The number of aromatic nitrogens is 6. The highest BCUT2D eigenvalue weighted by atomic mass is 15.0. The van der Waals surface area contributed by atoms with Crippen molar-refractivity contribution in [2.45, 2.75) is 0 Å². The summed E-state index contributed by atoms with van der Waals surface area (Å²) in [5.41, 5.74) is 7.62. The molecule has 9 rings (SSSR count). The summed E-state index contributed by atoms with van der Waals surface area (Å²) in [5, 5.41) is 2.14. The quantitative estimate of drug-likeness (QED) is 0.168. The Morgan fingerprint density at radius 2 is 0.558 bits per heavy atom. The second-order valence-corrected chi connectivity index (χ2v) is 12.4. The smallest absolute Gasteiger partial charge is 0.164 e. The maximum Gasteiger partial charge on any atom is 0.164 e. The molecule has 0 saturated heterocycles. The van der Waals surface area contributed by atoms with E-state index >= 15 is 0 Å². The molecule has 0 aliphatic heterocycles. The van der Waals surface area contributed by atoms with Gasteiger partial charge in [-0.1, -0.05) is 176 Å². The Kier molecular flexibility index (Phi) is 8.08. The van der Waals surface area contributed by atoms with Crippen molar-refractivity contribution >= 4 is 10.8 Å². The molecule has 0 atom stereocenters. The van der Waals surface area contributed by atoms with Crippen LogP contribution in [0.25, 0.3) is 90.2 Å². The summed E-state index contributed by atoms with van der Waals surface area (Å²) in [6.45, 7) is 0. The first-order chi connectivity index (χ1) is 25.8. The molecule has 0 bridgehead atoms. The fraction of sp³-hybridized carbons (Fsp3) is 0. The lowest BCUT2D eigenvalue weighted by atomic mass is 9.93. The lowest BCUT2D eigenvalue weighted by Crippen LogP contribution is -2.01. The molecule has 2 heterocycles. The van der Waals surface area contributed by atoms with Gasteiger partial charge in [0.1, 0.15) is 0 Å². The van der Waals surface area contributed by atoms with Crippen LogP contribution in [0.1, 0.15) is 0 Å². The predicted molar refractivity (Wildman–Crippen MR) is 209 cm³/mol. The minimum Gasteiger partial charge on any atom is -0.208 e. The average molecular weight is 667 g/mol. The molecule has 0 N–H and O–H groups in total. The number of hydrogen-bond donors (Lipinski definition) is 0. The van der Waals surface area contributed by atoms with Crippen LogP contribution in [0.5, 0.6) is 0 Å². The molecule has 0 unspecified atom stereocenters. The Balaban J connectivity index is 1.21. The maximum absolute atomic E-state index is 5.08. The van der Waals surface area contributed by atoms with Gasteiger partial charge in [0.05, 0.1) is 0 Å². The minimum atomic E-state index is 0.604. The van der Waals surface area contributed by atoms with Crippen LogP contribution in [-0.4, -0.2) is 29.9 Å². The van der Waals surface area contributed by atoms with Crippen LogP contribution in [0.3, 0.4) is 0 Å². The Hall–Kier alpha value is -7.18. The lowest BCUT2D eigenvalue weighted by molar-refractivity contribution is 1.07. The van der Waals surface area contributed by atoms with Gasteiger partial charge in [0.25, 0.3) is 0 Å². The normalized spacial score (nSPS) is 11.1. The lowest BCUT2D eigenvalue weighted by Gasteiger charge is -2.14. The molecule has 6 nitrogen and oxygen atoms in total. The van der Waals surface area contributed by atoms with Crippen LogP contribution in [0, 0.1) is 0 Å². The molecule has 9 aromatic rings. The molecule has 7 aromatic carbocycles. The summed E-state index contributed by atoms with van der Waals surface area (Å²) < 4.78 is 0. The monoisotopic (exact) mass is 666 g/mol. The Bertz CT molecular complexity index is 2540. The second-order valence-electron chi connectivity index (χ2n) is 12.4. The first-order valence-corrected chi connectivity index (χ1v) is 17.1. The molecule has 0 aliphatic rings. The average Bonchev–Trinajstić information content (AvgIpc) is 3.24. The van der Waals surface area contributed by atoms with Crippen molar-refractivity contribution in [1.82, 2.24) is 29.9 Å². The Morgan fingerprint density at radius 3 is 1.00 bits per heavy atom. The SMILES string of the molecule is c1ccc(-c2nc(-c3ccccc3)nc(-c3cccc(-c4cccc5cccc(-c6nc(-c7ccccc7)nc(-c7ccccc7)n6)c45)c3)n2)cc1. The van der Waals surface area contributed by atoms with Crippen LogP contribution in [-0.2, 0) is 0 Å². The van der Waals surface area contributed by atoms with Gasteiger partial charge in [-0.3, -0.25) is 0 Å². The molecule has 0 fully saturated rings. The highest BCUT2D eigenvalue weighted by Gasteiger charge is 2.18. The molecule has 0 aliphatic carbocycles. The van der Waals surface area contributed by atoms with Crippen molar-refractivity contribution in [3.8, 4) is 79.5 Å². The zero-order chi connectivity index (χ0) is 34.7. The molecule has 2 aromatic heterocycles. The molecule has 52 heavy (non-hydrogen) atoms. The molecule has 6 heteroatoms. The van der Waals surface area contributed by atoms with Gasteiger partial charge in [0.2, 0.25) is 0 Å². The van der Waals surface area contributed by atoms with E-state index < -0.39 is 0 Å². The Morgan fingerprint density at radius 1 is 0.231 bits per heavy atom. The highest BCUT2D eigenvalue weighted by molar-refractivity contribution is 6.06. The van der Waals surface area contributed by atoms with Crippen LogP contribution in [0.15, 0.2) is 182 Å². The van der Waals surface area contributed by atoms with Crippen LogP contribution in [0.4, 0.5) is 0 Å².